The quantitative estimate of drug-likeness (QED) is 0.233. The van der Waals surface area contributed by atoms with Crippen molar-refractivity contribution in [2.24, 2.45) is 0 Å². The van der Waals surface area contributed by atoms with Crippen LogP contribution in [0.15, 0.2) is 0 Å². The SMILES string of the molecule is CC(O)CO.CCCCCCCCS.OB(O)O. The van der Waals surface area contributed by atoms with Gasteiger partial charge < -0.3 is 25.3 Å². The van der Waals surface area contributed by atoms with Gasteiger partial charge in [0.05, 0.1) is 12.7 Å². The summed E-state index contributed by atoms with van der Waals surface area (Å²) in [6.07, 6.45) is 7.71. The molecule has 0 amide bonds. The molecule has 0 bridgehead atoms. The third kappa shape index (κ3) is 55.6. The average molecular weight is 284 g/mol. The molecule has 0 aromatic rings. The molecular weight excluding hydrogens is 255 g/mol. The van der Waals surface area contributed by atoms with Crippen molar-refractivity contribution in [3.63, 3.8) is 0 Å². The minimum atomic E-state index is -2.17. The fourth-order valence-corrected chi connectivity index (χ4v) is 1.12. The minimum absolute atomic E-state index is 0.139. The maximum Gasteiger partial charge on any atom is 0.631 e. The number of aliphatic hydroxyl groups is 2. The Morgan fingerprint density at radius 2 is 1.33 bits per heavy atom. The van der Waals surface area contributed by atoms with Crippen molar-refractivity contribution in [2.45, 2.75) is 58.5 Å². The first-order valence-corrected chi connectivity index (χ1v) is 6.99. The molecule has 18 heavy (non-hydrogen) atoms. The summed E-state index contributed by atoms with van der Waals surface area (Å²) >= 11 is 4.15. The normalized spacial score (nSPS) is 10.7. The lowest BCUT2D eigenvalue weighted by molar-refractivity contribution is 0.110. The molecule has 0 fully saturated rings. The molecule has 0 saturated heterocycles. The fourth-order valence-electron chi connectivity index (χ4n) is 0.892. The van der Waals surface area contributed by atoms with Gasteiger partial charge in [0.25, 0.3) is 0 Å². The van der Waals surface area contributed by atoms with Crippen molar-refractivity contribution < 1.29 is 25.3 Å². The van der Waals surface area contributed by atoms with Crippen LogP contribution >= 0.6 is 12.6 Å². The van der Waals surface area contributed by atoms with E-state index in [0.29, 0.717) is 0 Å². The first-order valence-electron chi connectivity index (χ1n) is 6.36. The maximum absolute atomic E-state index is 8.11. The van der Waals surface area contributed by atoms with Gasteiger partial charge in [0, 0.05) is 0 Å². The third-order valence-electron chi connectivity index (χ3n) is 1.78. The van der Waals surface area contributed by atoms with Crippen LogP contribution in [0.3, 0.4) is 0 Å². The predicted octanol–water partition coefficient (Wildman–Crippen LogP) is 0.584. The van der Waals surface area contributed by atoms with Crippen LogP contribution in [0.1, 0.15) is 52.4 Å². The Morgan fingerprint density at radius 1 is 1.00 bits per heavy atom. The van der Waals surface area contributed by atoms with Crippen molar-refractivity contribution in [3.05, 3.63) is 0 Å². The van der Waals surface area contributed by atoms with E-state index in [-0.39, 0.29) is 6.61 Å². The first-order chi connectivity index (χ1) is 8.42. The Morgan fingerprint density at radius 3 is 1.61 bits per heavy atom. The van der Waals surface area contributed by atoms with Gasteiger partial charge in [0.1, 0.15) is 0 Å². The molecule has 112 valence electrons. The summed E-state index contributed by atoms with van der Waals surface area (Å²) in [4.78, 5) is 0. The van der Waals surface area contributed by atoms with Gasteiger partial charge in [-0.25, -0.2) is 0 Å². The highest BCUT2D eigenvalue weighted by atomic mass is 32.1. The number of hydrogen-bond acceptors (Lipinski definition) is 6. The molecule has 1 unspecified atom stereocenters. The van der Waals surface area contributed by atoms with Gasteiger partial charge >= 0.3 is 7.32 Å². The van der Waals surface area contributed by atoms with Gasteiger partial charge in [0.15, 0.2) is 0 Å². The zero-order valence-electron chi connectivity index (χ0n) is 11.5. The second-order valence-corrected chi connectivity index (χ2v) is 4.32. The van der Waals surface area contributed by atoms with E-state index < -0.39 is 13.4 Å². The van der Waals surface area contributed by atoms with Gasteiger partial charge in [-0.2, -0.15) is 12.6 Å². The van der Waals surface area contributed by atoms with E-state index in [1.807, 2.05) is 0 Å². The van der Waals surface area contributed by atoms with Crippen LogP contribution in [-0.2, 0) is 0 Å². The van der Waals surface area contributed by atoms with Crippen LogP contribution in [0.5, 0.6) is 0 Å². The molecular formula is C11H29BO5S. The summed E-state index contributed by atoms with van der Waals surface area (Å²) < 4.78 is 0. The van der Waals surface area contributed by atoms with Gasteiger partial charge in [-0.1, -0.05) is 39.0 Å². The second-order valence-electron chi connectivity index (χ2n) is 3.87. The van der Waals surface area contributed by atoms with Crippen molar-refractivity contribution in [2.75, 3.05) is 12.4 Å². The highest BCUT2D eigenvalue weighted by molar-refractivity contribution is 7.80. The van der Waals surface area contributed by atoms with E-state index in [2.05, 4.69) is 19.6 Å². The molecule has 0 saturated carbocycles. The zero-order valence-corrected chi connectivity index (χ0v) is 12.4. The Hall–Kier alpha value is 0.215. The highest BCUT2D eigenvalue weighted by Gasteiger charge is 1.92. The molecule has 0 aliphatic rings. The summed E-state index contributed by atoms with van der Waals surface area (Å²) in [5, 5.41) is 37.5. The van der Waals surface area contributed by atoms with Crippen LogP contribution in [0.2, 0.25) is 0 Å². The van der Waals surface area contributed by atoms with Crippen LogP contribution in [0.25, 0.3) is 0 Å². The Bertz CT molecular complexity index is 119. The molecule has 0 rings (SSSR count). The van der Waals surface area contributed by atoms with Crippen LogP contribution in [0.4, 0.5) is 0 Å². The molecule has 5 N–H and O–H groups in total. The molecule has 0 spiro atoms. The number of hydrogen-bond donors (Lipinski definition) is 6. The first kappa shape index (κ1) is 23.3. The third-order valence-corrected chi connectivity index (χ3v) is 2.09. The summed E-state index contributed by atoms with van der Waals surface area (Å²) in [6, 6.07) is 0. The maximum atomic E-state index is 8.11. The van der Waals surface area contributed by atoms with Crippen molar-refractivity contribution in [3.8, 4) is 0 Å². The van der Waals surface area contributed by atoms with Crippen LogP contribution < -0.4 is 0 Å². The standard InChI is InChI=1S/C8H18S.C3H8O2.BH3O3/c1-2-3-4-5-6-7-8-9;1-3(5)2-4;2-1(3)4/h9H,2-8H2,1H3;3-5H,2H2,1H3;2-4H. The van der Waals surface area contributed by atoms with Gasteiger partial charge in [-0.15, -0.1) is 0 Å². The van der Waals surface area contributed by atoms with Crippen molar-refractivity contribution in [1.29, 1.82) is 0 Å². The van der Waals surface area contributed by atoms with Gasteiger partial charge in [-0.05, 0) is 19.1 Å². The molecule has 7 heteroatoms. The number of unbranched alkanes of at least 4 members (excludes halogenated alkanes) is 5. The number of rotatable bonds is 7. The number of aliphatic hydroxyl groups excluding tert-OH is 2. The Balaban J connectivity index is -0.000000212. The monoisotopic (exact) mass is 284 g/mol. The summed E-state index contributed by atoms with van der Waals surface area (Å²) in [5.74, 6) is 1.06. The Labute approximate surface area is 116 Å². The van der Waals surface area contributed by atoms with Crippen molar-refractivity contribution >= 4 is 20.0 Å². The summed E-state index contributed by atoms with van der Waals surface area (Å²) in [6.45, 7) is 3.64. The molecule has 0 aromatic heterocycles. The highest BCUT2D eigenvalue weighted by Crippen LogP contribution is 2.04. The lowest BCUT2D eigenvalue weighted by Gasteiger charge is -1.95. The average Bonchev–Trinajstić information content (AvgIpc) is 2.29. The van der Waals surface area contributed by atoms with Crippen LogP contribution in [0, 0.1) is 0 Å². The van der Waals surface area contributed by atoms with E-state index in [1.165, 1.54) is 45.4 Å². The van der Waals surface area contributed by atoms with E-state index in [0.717, 1.165) is 5.75 Å². The smallest absolute Gasteiger partial charge is 0.402 e. The van der Waals surface area contributed by atoms with E-state index in [1.54, 1.807) is 0 Å². The topological polar surface area (TPSA) is 101 Å². The molecule has 5 nitrogen and oxygen atoms in total. The molecule has 0 aliphatic carbocycles. The van der Waals surface area contributed by atoms with E-state index >= 15 is 0 Å². The van der Waals surface area contributed by atoms with E-state index in [4.69, 9.17) is 25.3 Å². The fraction of sp³-hybridized carbons (Fsp3) is 1.00. The summed E-state index contributed by atoms with van der Waals surface area (Å²) in [7, 11) is -2.17. The molecule has 0 heterocycles. The minimum Gasteiger partial charge on any atom is -0.402 e. The molecule has 0 radical (unpaired) electrons. The number of thiol groups is 1. The lowest BCUT2D eigenvalue weighted by Crippen LogP contribution is -2.07. The molecule has 0 aromatic carbocycles. The lowest BCUT2D eigenvalue weighted by atomic mass is 10.1. The molecule has 1 atom stereocenters. The van der Waals surface area contributed by atoms with Crippen LogP contribution in [-0.4, -0.2) is 51.1 Å². The molecule has 0 aliphatic heterocycles. The second kappa shape index (κ2) is 22.4. The van der Waals surface area contributed by atoms with E-state index in [9.17, 15) is 0 Å². The predicted molar refractivity (Wildman–Crippen MR) is 78.4 cm³/mol. The largest absolute Gasteiger partial charge is 0.631 e. The summed E-state index contributed by atoms with van der Waals surface area (Å²) in [5.41, 5.74) is 0. The zero-order chi connectivity index (χ0) is 14.8. The van der Waals surface area contributed by atoms with Crippen molar-refractivity contribution in [1.82, 2.24) is 0 Å². The Kier molecular flexibility index (Phi) is 29.0. The van der Waals surface area contributed by atoms with Gasteiger partial charge in [-0.3, -0.25) is 0 Å². The van der Waals surface area contributed by atoms with Gasteiger partial charge in [0.2, 0.25) is 0 Å².